The first kappa shape index (κ1) is 12.0. The SMILES string of the molecule is COc1cc(C#N)ccc1NCc1ccnn1C. The summed E-state index contributed by atoms with van der Waals surface area (Å²) >= 11 is 0. The molecule has 0 fully saturated rings. The van der Waals surface area contributed by atoms with Gasteiger partial charge in [-0.15, -0.1) is 0 Å². The van der Waals surface area contributed by atoms with E-state index in [1.807, 2.05) is 23.9 Å². The fourth-order valence-corrected chi connectivity index (χ4v) is 1.67. The number of anilines is 1. The van der Waals surface area contributed by atoms with E-state index in [2.05, 4.69) is 16.5 Å². The number of hydrogen-bond acceptors (Lipinski definition) is 4. The molecule has 0 aliphatic carbocycles. The summed E-state index contributed by atoms with van der Waals surface area (Å²) in [6.07, 6.45) is 1.76. The van der Waals surface area contributed by atoms with Crippen molar-refractivity contribution >= 4 is 5.69 Å². The van der Waals surface area contributed by atoms with E-state index in [1.54, 1.807) is 25.4 Å². The molecule has 0 amide bonds. The minimum absolute atomic E-state index is 0.581. The Labute approximate surface area is 106 Å². The van der Waals surface area contributed by atoms with Crippen molar-refractivity contribution in [1.82, 2.24) is 9.78 Å². The van der Waals surface area contributed by atoms with Crippen LogP contribution >= 0.6 is 0 Å². The average molecular weight is 242 g/mol. The fraction of sp³-hybridized carbons (Fsp3) is 0.231. The van der Waals surface area contributed by atoms with Crippen LogP contribution in [0.25, 0.3) is 0 Å². The largest absolute Gasteiger partial charge is 0.495 e. The van der Waals surface area contributed by atoms with Gasteiger partial charge in [0.15, 0.2) is 0 Å². The lowest BCUT2D eigenvalue weighted by Gasteiger charge is -2.11. The molecular weight excluding hydrogens is 228 g/mol. The van der Waals surface area contributed by atoms with Crippen LogP contribution in [0.3, 0.4) is 0 Å². The Balaban J connectivity index is 2.15. The van der Waals surface area contributed by atoms with Crippen LogP contribution in [0.4, 0.5) is 5.69 Å². The summed E-state index contributed by atoms with van der Waals surface area (Å²) in [6, 6.07) is 9.35. The van der Waals surface area contributed by atoms with Crippen molar-refractivity contribution in [2.75, 3.05) is 12.4 Å². The number of aromatic nitrogens is 2. The maximum atomic E-state index is 8.83. The fourth-order valence-electron chi connectivity index (χ4n) is 1.67. The summed E-state index contributed by atoms with van der Waals surface area (Å²) in [5.41, 5.74) is 2.51. The second-order valence-corrected chi connectivity index (χ2v) is 3.83. The molecule has 92 valence electrons. The lowest BCUT2D eigenvalue weighted by Crippen LogP contribution is -2.06. The van der Waals surface area contributed by atoms with Gasteiger partial charge in [0.1, 0.15) is 5.75 Å². The van der Waals surface area contributed by atoms with Gasteiger partial charge in [-0.2, -0.15) is 10.4 Å². The van der Waals surface area contributed by atoms with Gasteiger partial charge in [0.25, 0.3) is 0 Å². The number of nitrogens with zero attached hydrogens (tertiary/aromatic N) is 3. The standard InChI is InChI=1S/C13H14N4O/c1-17-11(5-6-16-17)9-15-12-4-3-10(8-14)7-13(12)18-2/h3-7,15H,9H2,1-2H3. The van der Waals surface area contributed by atoms with Gasteiger partial charge in [-0.1, -0.05) is 0 Å². The van der Waals surface area contributed by atoms with Crippen molar-refractivity contribution in [1.29, 1.82) is 5.26 Å². The lowest BCUT2D eigenvalue weighted by molar-refractivity contribution is 0.416. The highest BCUT2D eigenvalue weighted by Crippen LogP contribution is 2.25. The third-order valence-electron chi connectivity index (χ3n) is 2.71. The highest BCUT2D eigenvalue weighted by Gasteiger charge is 2.05. The number of nitriles is 1. The Kier molecular flexibility index (Phi) is 3.49. The Hall–Kier alpha value is -2.48. The second-order valence-electron chi connectivity index (χ2n) is 3.83. The molecule has 1 heterocycles. The van der Waals surface area contributed by atoms with Crippen LogP contribution in [0.1, 0.15) is 11.3 Å². The van der Waals surface area contributed by atoms with Crippen molar-refractivity contribution in [3.05, 3.63) is 41.7 Å². The van der Waals surface area contributed by atoms with Crippen LogP contribution in [-0.4, -0.2) is 16.9 Å². The summed E-state index contributed by atoms with van der Waals surface area (Å²) in [7, 11) is 3.48. The molecule has 0 saturated heterocycles. The molecule has 0 aliphatic heterocycles. The normalized spacial score (nSPS) is 9.83. The lowest BCUT2D eigenvalue weighted by atomic mass is 10.2. The molecule has 0 aliphatic rings. The van der Waals surface area contributed by atoms with E-state index in [0.717, 1.165) is 11.4 Å². The average Bonchev–Trinajstić information content (AvgIpc) is 2.81. The zero-order valence-corrected chi connectivity index (χ0v) is 10.3. The molecule has 2 rings (SSSR count). The maximum Gasteiger partial charge on any atom is 0.143 e. The molecule has 18 heavy (non-hydrogen) atoms. The number of ether oxygens (including phenoxy) is 1. The van der Waals surface area contributed by atoms with E-state index in [0.29, 0.717) is 17.9 Å². The van der Waals surface area contributed by atoms with Gasteiger partial charge in [0.2, 0.25) is 0 Å². The Morgan fingerprint density at radius 3 is 2.89 bits per heavy atom. The first-order chi connectivity index (χ1) is 8.74. The number of hydrogen-bond donors (Lipinski definition) is 1. The van der Waals surface area contributed by atoms with Crippen LogP contribution in [0.15, 0.2) is 30.5 Å². The molecule has 0 bridgehead atoms. The molecule has 0 radical (unpaired) electrons. The van der Waals surface area contributed by atoms with Gasteiger partial charge < -0.3 is 10.1 Å². The quantitative estimate of drug-likeness (QED) is 0.889. The van der Waals surface area contributed by atoms with E-state index >= 15 is 0 Å². The van der Waals surface area contributed by atoms with Crippen molar-refractivity contribution in [2.24, 2.45) is 7.05 Å². The summed E-state index contributed by atoms with van der Waals surface area (Å²) in [6.45, 7) is 0.652. The van der Waals surface area contributed by atoms with Crippen molar-refractivity contribution < 1.29 is 4.74 Å². The maximum absolute atomic E-state index is 8.83. The predicted molar refractivity (Wildman–Crippen MR) is 68.2 cm³/mol. The van der Waals surface area contributed by atoms with E-state index in [-0.39, 0.29) is 0 Å². The summed E-state index contributed by atoms with van der Waals surface area (Å²) < 4.78 is 7.06. The summed E-state index contributed by atoms with van der Waals surface area (Å²) in [5, 5.41) is 16.2. The van der Waals surface area contributed by atoms with E-state index < -0.39 is 0 Å². The third-order valence-corrected chi connectivity index (χ3v) is 2.71. The minimum Gasteiger partial charge on any atom is -0.495 e. The van der Waals surface area contributed by atoms with Crippen molar-refractivity contribution in [2.45, 2.75) is 6.54 Å². The van der Waals surface area contributed by atoms with E-state index in [4.69, 9.17) is 10.00 Å². The van der Waals surface area contributed by atoms with Crippen LogP contribution in [0, 0.1) is 11.3 Å². The van der Waals surface area contributed by atoms with E-state index in [1.165, 1.54) is 0 Å². The smallest absolute Gasteiger partial charge is 0.143 e. The van der Waals surface area contributed by atoms with Gasteiger partial charge in [0.05, 0.1) is 36.7 Å². The molecule has 1 aromatic heterocycles. The zero-order chi connectivity index (χ0) is 13.0. The van der Waals surface area contributed by atoms with E-state index in [9.17, 15) is 0 Å². The monoisotopic (exact) mass is 242 g/mol. The molecule has 1 aromatic carbocycles. The van der Waals surface area contributed by atoms with Crippen molar-refractivity contribution in [3.8, 4) is 11.8 Å². The van der Waals surface area contributed by atoms with Gasteiger partial charge in [0, 0.05) is 19.3 Å². The molecular formula is C13H14N4O. The number of benzene rings is 1. The molecule has 5 nitrogen and oxygen atoms in total. The second kappa shape index (κ2) is 5.23. The number of methoxy groups -OCH3 is 1. The minimum atomic E-state index is 0.581. The molecule has 5 heteroatoms. The number of nitrogens with one attached hydrogen (secondary N) is 1. The summed E-state index contributed by atoms with van der Waals surface area (Å²) in [5.74, 6) is 0.663. The Morgan fingerprint density at radius 2 is 2.28 bits per heavy atom. The highest BCUT2D eigenvalue weighted by molar-refractivity contribution is 5.59. The summed E-state index contributed by atoms with van der Waals surface area (Å²) in [4.78, 5) is 0. The zero-order valence-electron chi connectivity index (χ0n) is 10.3. The van der Waals surface area contributed by atoms with Gasteiger partial charge in [-0.05, 0) is 18.2 Å². The van der Waals surface area contributed by atoms with Crippen LogP contribution < -0.4 is 10.1 Å². The highest BCUT2D eigenvalue weighted by atomic mass is 16.5. The van der Waals surface area contributed by atoms with Crippen LogP contribution in [0.2, 0.25) is 0 Å². The first-order valence-electron chi connectivity index (χ1n) is 5.53. The molecule has 2 aromatic rings. The van der Waals surface area contributed by atoms with Crippen LogP contribution in [-0.2, 0) is 13.6 Å². The molecule has 0 saturated carbocycles. The van der Waals surface area contributed by atoms with Gasteiger partial charge in [-0.3, -0.25) is 4.68 Å². The Morgan fingerprint density at radius 1 is 1.44 bits per heavy atom. The topological polar surface area (TPSA) is 62.9 Å². The molecule has 0 unspecified atom stereocenters. The van der Waals surface area contributed by atoms with Gasteiger partial charge >= 0.3 is 0 Å². The molecule has 0 atom stereocenters. The third kappa shape index (κ3) is 2.43. The molecule has 1 N–H and O–H groups in total. The first-order valence-corrected chi connectivity index (χ1v) is 5.53. The van der Waals surface area contributed by atoms with Crippen molar-refractivity contribution in [3.63, 3.8) is 0 Å². The number of rotatable bonds is 4. The van der Waals surface area contributed by atoms with Crippen LogP contribution in [0.5, 0.6) is 5.75 Å². The van der Waals surface area contributed by atoms with Gasteiger partial charge in [-0.25, -0.2) is 0 Å². The Bertz CT molecular complexity index is 583. The number of aryl methyl sites for hydroxylation is 1. The molecule has 0 spiro atoms. The predicted octanol–water partition coefficient (Wildman–Crippen LogP) is 1.91.